The molecule has 0 aliphatic carbocycles. The lowest BCUT2D eigenvalue weighted by Gasteiger charge is -2.11. The Labute approximate surface area is 195 Å². The Bertz CT molecular complexity index is 1310. The number of aromatic hydroxyl groups is 1. The van der Waals surface area contributed by atoms with E-state index in [1.807, 2.05) is 42.5 Å². The SMILES string of the molecule is COCC1=NN(c2ccc([N+](=O)[O-])cc2)C(=O)C1=Cc1cc(C=Cc2ccccc2)ccc1O. The summed E-state index contributed by atoms with van der Waals surface area (Å²) in [6.45, 7) is 0.0788. The molecule has 0 atom stereocenters. The minimum absolute atomic E-state index is 0.0164. The van der Waals surface area contributed by atoms with Crippen LogP contribution in [0.3, 0.4) is 0 Å². The Kier molecular flexibility index (Phi) is 6.61. The number of hydrogen-bond donors (Lipinski definition) is 1. The van der Waals surface area contributed by atoms with E-state index in [9.17, 15) is 20.0 Å². The summed E-state index contributed by atoms with van der Waals surface area (Å²) in [5.41, 5.74) is 3.28. The summed E-state index contributed by atoms with van der Waals surface area (Å²) in [4.78, 5) is 23.6. The van der Waals surface area contributed by atoms with Crippen LogP contribution in [0.4, 0.5) is 11.4 Å². The minimum Gasteiger partial charge on any atom is -0.507 e. The van der Waals surface area contributed by atoms with E-state index in [-0.39, 0.29) is 23.6 Å². The number of nitrogens with zero attached hydrogens (tertiary/aromatic N) is 3. The number of methoxy groups -OCH3 is 1. The van der Waals surface area contributed by atoms with E-state index in [0.717, 1.165) is 11.1 Å². The Morgan fingerprint density at radius 2 is 1.74 bits per heavy atom. The topological polar surface area (TPSA) is 105 Å². The number of ether oxygens (including phenoxy) is 1. The summed E-state index contributed by atoms with van der Waals surface area (Å²) < 4.78 is 5.20. The molecule has 170 valence electrons. The van der Waals surface area contributed by atoms with Crippen molar-refractivity contribution in [3.63, 3.8) is 0 Å². The van der Waals surface area contributed by atoms with Crippen molar-refractivity contribution in [2.24, 2.45) is 5.10 Å². The van der Waals surface area contributed by atoms with Gasteiger partial charge in [0.1, 0.15) is 5.75 Å². The molecule has 8 nitrogen and oxygen atoms in total. The maximum Gasteiger partial charge on any atom is 0.280 e. The molecule has 8 heteroatoms. The lowest BCUT2D eigenvalue weighted by atomic mass is 10.0. The number of anilines is 1. The summed E-state index contributed by atoms with van der Waals surface area (Å²) in [6, 6.07) is 20.5. The number of nitro groups is 1. The third-order valence-electron chi connectivity index (χ3n) is 5.16. The summed E-state index contributed by atoms with van der Waals surface area (Å²) in [6.07, 6.45) is 5.44. The van der Waals surface area contributed by atoms with Gasteiger partial charge in [-0.15, -0.1) is 0 Å². The highest BCUT2D eigenvalue weighted by Crippen LogP contribution is 2.29. The van der Waals surface area contributed by atoms with Gasteiger partial charge in [-0.1, -0.05) is 48.6 Å². The zero-order chi connectivity index (χ0) is 24.1. The smallest absolute Gasteiger partial charge is 0.280 e. The molecule has 34 heavy (non-hydrogen) atoms. The van der Waals surface area contributed by atoms with Crippen molar-refractivity contribution >= 4 is 41.2 Å². The fraction of sp³-hybridized carbons (Fsp3) is 0.0769. The molecular formula is C26H21N3O5. The summed E-state index contributed by atoms with van der Waals surface area (Å²) in [7, 11) is 1.49. The second-order valence-electron chi connectivity index (χ2n) is 7.49. The van der Waals surface area contributed by atoms with E-state index in [2.05, 4.69) is 5.10 Å². The maximum absolute atomic E-state index is 13.2. The maximum atomic E-state index is 13.2. The van der Waals surface area contributed by atoms with Crippen LogP contribution in [0.25, 0.3) is 18.2 Å². The quantitative estimate of drug-likeness (QED) is 0.236. The van der Waals surface area contributed by atoms with E-state index in [0.29, 0.717) is 17.0 Å². The van der Waals surface area contributed by atoms with E-state index < -0.39 is 10.8 Å². The van der Waals surface area contributed by atoms with Crippen molar-refractivity contribution in [3.8, 4) is 5.75 Å². The highest BCUT2D eigenvalue weighted by molar-refractivity contribution is 6.33. The van der Waals surface area contributed by atoms with Gasteiger partial charge in [0.15, 0.2) is 0 Å². The van der Waals surface area contributed by atoms with Crippen molar-refractivity contribution in [3.05, 3.63) is 105 Å². The second kappa shape index (κ2) is 9.93. The Morgan fingerprint density at radius 1 is 1.03 bits per heavy atom. The molecule has 3 aromatic carbocycles. The first-order valence-corrected chi connectivity index (χ1v) is 10.4. The Morgan fingerprint density at radius 3 is 2.41 bits per heavy atom. The number of hydrazone groups is 1. The molecule has 0 spiro atoms. The average Bonchev–Trinajstić information content (AvgIpc) is 3.15. The van der Waals surface area contributed by atoms with Gasteiger partial charge in [0, 0.05) is 24.8 Å². The van der Waals surface area contributed by atoms with Crippen molar-refractivity contribution in [1.29, 1.82) is 0 Å². The number of benzene rings is 3. The van der Waals surface area contributed by atoms with Crippen LogP contribution < -0.4 is 5.01 Å². The fourth-order valence-corrected chi connectivity index (χ4v) is 3.44. The van der Waals surface area contributed by atoms with E-state index in [4.69, 9.17) is 4.74 Å². The normalized spacial score (nSPS) is 14.7. The third-order valence-corrected chi connectivity index (χ3v) is 5.16. The first-order valence-electron chi connectivity index (χ1n) is 10.4. The van der Waals surface area contributed by atoms with Crippen molar-refractivity contribution < 1.29 is 19.6 Å². The van der Waals surface area contributed by atoms with Crippen LogP contribution in [0.5, 0.6) is 5.75 Å². The van der Waals surface area contributed by atoms with Crippen molar-refractivity contribution in [2.45, 2.75) is 0 Å². The molecule has 3 aromatic rings. The largest absolute Gasteiger partial charge is 0.507 e. The van der Waals surface area contributed by atoms with Gasteiger partial charge in [-0.2, -0.15) is 10.1 Å². The van der Waals surface area contributed by atoms with Crippen molar-refractivity contribution in [1.82, 2.24) is 0 Å². The van der Waals surface area contributed by atoms with Gasteiger partial charge in [0.05, 0.1) is 28.5 Å². The number of phenolic OH excluding ortho intramolecular Hbond substituents is 1. The van der Waals surface area contributed by atoms with Crippen LogP contribution in [-0.4, -0.2) is 35.4 Å². The molecule has 1 aliphatic rings. The number of carbonyl (C=O) groups excluding carboxylic acids is 1. The number of phenols is 1. The first-order chi connectivity index (χ1) is 16.5. The van der Waals surface area contributed by atoms with Crippen LogP contribution >= 0.6 is 0 Å². The number of carbonyl (C=O) groups is 1. The summed E-state index contributed by atoms with van der Waals surface area (Å²) in [5.74, 6) is -0.409. The van der Waals surface area contributed by atoms with Crippen LogP contribution in [0.15, 0.2) is 83.5 Å². The molecule has 1 aliphatic heterocycles. The number of non-ortho nitro benzene ring substituents is 1. The van der Waals surface area contributed by atoms with Gasteiger partial charge in [-0.3, -0.25) is 14.9 Å². The van der Waals surface area contributed by atoms with Gasteiger partial charge in [0.2, 0.25) is 0 Å². The van der Waals surface area contributed by atoms with Gasteiger partial charge < -0.3 is 9.84 Å². The van der Waals surface area contributed by atoms with Crippen LogP contribution in [0, 0.1) is 10.1 Å². The summed E-state index contributed by atoms with van der Waals surface area (Å²) in [5, 5.41) is 26.9. The second-order valence-corrected chi connectivity index (χ2v) is 7.49. The molecule has 0 bridgehead atoms. The van der Waals surface area contributed by atoms with Gasteiger partial charge in [-0.25, -0.2) is 0 Å². The predicted octanol–water partition coefficient (Wildman–Crippen LogP) is 4.90. The molecule has 4 rings (SSSR count). The minimum atomic E-state index is -0.511. The molecule has 0 aromatic heterocycles. The molecule has 1 N–H and O–H groups in total. The molecule has 0 saturated carbocycles. The number of amides is 1. The van der Waals surface area contributed by atoms with Crippen molar-refractivity contribution in [2.75, 3.05) is 18.7 Å². The van der Waals surface area contributed by atoms with Gasteiger partial charge >= 0.3 is 0 Å². The molecule has 0 saturated heterocycles. The fourth-order valence-electron chi connectivity index (χ4n) is 3.44. The summed E-state index contributed by atoms with van der Waals surface area (Å²) >= 11 is 0. The van der Waals surface area contributed by atoms with Gasteiger partial charge in [-0.05, 0) is 41.5 Å². The molecular weight excluding hydrogens is 434 g/mol. The molecule has 1 heterocycles. The van der Waals surface area contributed by atoms with E-state index in [1.54, 1.807) is 24.3 Å². The highest BCUT2D eigenvalue weighted by Gasteiger charge is 2.31. The predicted molar refractivity (Wildman–Crippen MR) is 131 cm³/mol. The molecule has 1 amide bonds. The number of rotatable bonds is 7. The Hall–Kier alpha value is -4.56. The molecule has 0 radical (unpaired) electrons. The third kappa shape index (κ3) is 4.92. The number of hydrogen-bond acceptors (Lipinski definition) is 6. The molecule has 0 unspecified atom stereocenters. The zero-order valence-corrected chi connectivity index (χ0v) is 18.3. The molecule has 0 fully saturated rings. The van der Waals surface area contributed by atoms with Crippen LogP contribution in [0.2, 0.25) is 0 Å². The monoisotopic (exact) mass is 455 g/mol. The standard InChI is InChI=1S/C26H21N3O5/c1-34-17-24-23(26(31)28(27-24)21-10-12-22(13-11-21)29(32)33)16-20-15-19(9-14-25(20)30)8-7-18-5-3-2-4-6-18/h2-16,30H,17H2,1H3. The van der Waals surface area contributed by atoms with E-state index in [1.165, 1.54) is 36.4 Å². The zero-order valence-electron chi connectivity index (χ0n) is 18.3. The first kappa shape index (κ1) is 22.6. The van der Waals surface area contributed by atoms with Crippen LogP contribution in [-0.2, 0) is 9.53 Å². The van der Waals surface area contributed by atoms with E-state index >= 15 is 0 Å². The lowest BCUT2D eigenvalue weighted by molar-refractivity contribution is -0.384. The lowest BCUT2D eigenvalue weighted by Crippen LogP contribution is -2.21. The highest BCUT2D eigenvalue weighted by atomic mass is 16.6. The van der Waals surface area contributed by atoms with Crippen LogP contribution in [0.1, 0.15) is 16.7 Å². The number of nitro benzene ring substituents is 1. The average molecular weight is 455 g/mol. The Balaban J connectivity index is 1.66. The van der Waals surface area contributed by atoms with Gasteiger partial charge in [0.25, 0.3) is 11.6 Å².